The zero-order chi connectivity index (χ0) is 10.3. The number of nitrogens with zero attached hydrogens (tertiary/aromatic N) is 3. The van der Waals surface area contributed by atoms with Gasteiger partial charge in [0.1, 0.15) is 0 Å². The van der Waals surface area contributed by atoms with Crippen LogP contribution in [-0.4, -0.2) is 14.6 Å². The third-order valence-corrected chi connectivity index (χ3v) is 3.15. The van der Waals surface area contributed by atoms with Gasteiger partial charge < -0.3 is 0 Å². The molecular formula is C11H9N3S. The average molecular weight is 215 g/mol. The second kappa shape index (κ2) is 3.17. The van der Waals surface area contributed by atoms with Crippen LogP contribution in [0.25, 0.3) is 16.2 Å². The van der Waals surface area contributed by atoms with Crippen molar-refractivity contribution >= 4 is 17.0 Å². The van der Waals surface area contributed by atoms with Crippen LogP contribution < -0.4 is 0 Å². The normalized spacial score (nSPS) is 11.0. The van der Waals surface area contributed by atoms with Crippen molar-refractivity contribution in [2.24, 2.45) is 0 Å². The Morgan fingerprint density at radius 2 is 2.27 bits per heavy atom. The van der Waals surface area contributed by atoms with E-state index < -0.39 is 0 Å². The molecule has 0 unspecified atom stereocenters. The summed E-state index contributed by atoms with van der Waals surface area (Å²) in [6, 6.07) is 8.11. The van der Waals surface area contributed by atoms with Crippen molar-refractivity contribution in [1.29, 1.82) is 0 Å². The molecule has 0 spiro atoms. The van der Waals surface area contributed by atoms with Gasteiger partial charge in [0.2, 0.25) is 0 Å². The molecule has 3 nitrogen and oxygen atoms in total. The van der Waals surface area contributed by atoms with Crippen LogP contribution >= 0.6 is 11.3 Å². The van der Waals surface area contributed by atoms with Crippen molar-refractivity contribution in [3.63, 3.8) is 0 Å². The van der Waals surface area contributed by atoms with Crippen LogP contribution in [0.5, 0.6) is 0 Å². The summed E-state index contributed by atoms with van der Waals surface area (Å²) in [5.41, 5.74) is 2.99. The Kier molecular flexibility index (Phi) is 1.82. The molecule has 0 aliphatic heterocycles. The standard InChI is InChI=1S/C11H9N3S/c1-8-7-11-12-5-4-9(14(11)13-8)10-3-2-6-15-10/h2-7H,1H3. The smallest absolute Gasteiger partial charge is 0.155 e. The fourth-order valence-electron chi connectivity index (χ4n) is 1.62. The first-order chi connectivity index (χ1) is 7.34. The molecule has 0 aliphatic carbocycles. The van der Waals surface area contributed by atoms with Gasteiger partial charge in [-0.25, -0.2) is 9.50 Å². The van der Waals surface area contributed by atoms with Gasteiger partial charge in [0.15, 0.2) is 5.65 Å². The number of rotatable bonds is 1. The van der Waals surface area contributed by atoms with E-state index in [4.69, 9.17) is 0 Å². The van der Waals surface area contributed by atoms with E-state index in [2.05, 4.69) is 21.5 Å². The summed E-state index contributed by atoms with van der Waals surface area (Å²) in [5, 5.41) is 6.50. The predicted octanol–water partition coefficient (Wildman–Crippen LogP) is 2.77. The molecule has 3 rings (SSSR count). The molecule has 3 aromatic rings. The maximum absolute atomic E-state index is 4.43. The van der Waals surface area contributed by atoms with Crippen molar-refractivity contribution < 1.29 is 0 Å². The molecule has 0 atom stereocenters. The molecule has 15 heavy (non-hydrogen) atoms. The summed E-state index contributed by atoms with van der Waals surface area (Å²) in [5.74, 6) is 0. The minimum absolute atomic E-state index is 0.901. The van der Waals surface area contributed by atoms with Crippen molar-refractivity contribution in [2.75, 3.05) is 0 Å². The number of fused-ring (bicyclic) bond motifs is 1. The highest BCUT2D eigenvalue weighted by molar-refractivity contribution is 7.13. The molecule has 4 heteroatoms. The van der Waals surface area contributed by atoms with Gasteiger partial charge in [-0.3, -0.25) is 0 Å². The van der Waals surface area contributed by atoms with Crippen LogP contribution in [0.3, 0.4) is 0 Å². The highest BCUT2D eigenvalue weighted by Crippen LogP contribution is 2.24. The molecule has 0 radical (unpaired) electrons. The van der Waals surface area contributed by atoms with Crippen molar-refractivity contribution in [3.8, 4) is 10.6 Å². The van der Waals surface area contributed by atoms with Gasteiger partial charge in [0, 0.05) is 12.3 Å². The summed E-state index contributed by atoms with van der Waals surface area (Å²) >= 11 is 1.71. The molecule has 0 bridgehead atoms. The van der Waals surface area contributed by atoms with E-state index >= 15 is 0 Å². The number of hydrogen-bond acceptors (Lipinski definition) is 3. The third-order valence-electron chi connectivity index (χ3n) is 2.25. The van der Waals surface area contributed by atoms with E-state index in [0.717, 1.165) is 17.0 Å². The van der Waals surface area contributed by atoms with E-state index in [1.54, 1.807) is 11.3 Å². The molecule has 0 fully saturated rings. The Labute approximate surface area is 91.0 Å². The van der Waals surface area contributed by atoms with Crippen LogP contribution in [0.2, 0.25) is 0 Å². The van der Waals surface area contributed by atoms with Gasteiger partial charge in [0.25, 0.3) is 0 Å². The summed E-state index contributed by atoms with van der Waals surface area (Å²) < 4.78 is 1.89. The van der Waals surface area contributed by atoms with Crippen molar-refractivity contribution in [2.45, 2.75) is 6.92 Å². The number of aryl methyl sites for hydroxylation is 1. The van der Waals surface area contributed by atoms with E-state index in [1.807, 2.05) is 35.8 Å². The predicted molar refractivity (Wildman–Crippen MR) is 61.0 cm³/mol. The summed E-state index contributed by atoms with van der Waals surface area (Å²) in [6.07, 6.45) is 1.82. The Hall–Kier alpha value is -1.68. The quantitative estimate of drug-likeness (QED) is 0.624. The average Bonchev–Trinajstić information content (AvgIpc) is 2.82. The zero-order valence-electron chi connectivity index (χ0n) is 8.21. The molecule has 3 aromatic heterocycles. The highest BCUT2D eigenvalue weighted by Gasteiger charge is 2.06. The minimum Gasteiger partial charge on any atom is -0.237 e. The summed E-state index contributed by atoms with van der Waals surface area (Å²) in [4.78, 5) is 5.49. The molecule has 0 aromatic carbocycles. The topological polar surface area (TPSA) is 30.2 Å². The Morgan fingerprint density at radius 3 is 3.07 bits per heavy atom. The van der Waals surface area contributed by atoms with Gasteiger partial charge >= 0.3 is 0 Å². The maximum atomic E-state index is 4.43. The first kappa shape index (κ1) is 8.61. The molecule has 3 heterocycles. The Bertz CT molecular complexity index is 595. The molecule has 0 saturated carbocycles. The van der Waals surface area contributed by atoms with Gasteiger partial charge in [-0.1, -0.05) is 6.07 Å². The lowest BCUT2D eigenvalue weighted by Crippen LogP contribution is -1.93. The van der Waals surface area contributed by atoms with Gasteiger partial charge in [-0.15, -0.1) is 11.3 Å². The molecule has 0 saturated heterocycles. The third kappa shape index (κ3) is 1.34. The lowest BCUT2D eigenvalue weighted by atomic mass is 10.3. The van der Waals surface area contributed by atoms with E-state index in [0.29, 0.717) is 0 Å². The molecule has 0 amide bonds. The lowest BCUT2D eigenvalue weighted by Gasteiger charge is -2.00. The number of aromatic nitrogens is 3. The number of thiophene rings is 1. The first-order valence-corrected chi connectivity index (χ1v) is 5.58. The van der Waals surface area contributed by atoms with E-state index in [-0.39, 0.29) is 0 Å². The Balaban J connectivity index is 2.35. The summed E-state index contributed by atoms with van der Waals surface area (Å²) in [7, 11) is 0. The van der Waals surface area contributed by atoms with Gasteiger partial charge in [0.05, 0.1) is 16.3 Å². The minimum atomic E-state index is 0.901. The maximum Gasteiger partial charge on any atom is 0.155 e. The van der Waals surface area contributed by atoms with Crippen LogP contribution in [0.4, 0.5) is 0 Å². The largest absolute Gasteiger partial charge is 0.237 e. The molecule has 74 valence electrons. The van der Waals surface area contributed by atoms with Crippen LogP contribution in [0, 0.1) is 6.92 Å². The van der Waals surface area contributed by atoms with Crippen LogP contribution in [0.1, 0.15) is 5.69 Å². The highest BCUT2D eigenvalue weighted by atomic mass is 32.1. The number of hydrogen-bond donors (Lipinski definition) is 0. The second-order valence-electron chi connectivity index (χ2n) is 3.36. The fraction of sp³-hybridized carbons (Fsp3) is 0.0909. The zero-order valence-corrected chi connectivity index (χ0v) is 9.03. The Morgan fingerprint density at radius 1 is 1.33 bits per heavy atom. The first-order valence-electron chi connectivity index (χ1n) is 4.70. The fourth-order valence-corrected chi connectivity index (χ4v) is 2.36. The molecule has 0 aliphatic rings. The van der Waals surface area contributed by atoms with Crippen LogP contribution in [-0.2, 0) is 0 Å². The SMILES string of the molecule is Cc1cc2nccc(-c3cccs3)n2n1. The lowest BCUT2D eigenvalue weighted by molar-refractivity contribution is 0.927. The molecule has 0 N–H and O–H groups in total. The van der Waals surface area contributed by atoms with Crippen molar-refractivity contribution in [1.82, 2.24) is 14.6 Å². The van der Waals surface area contributed by atoms with Crippen LogP contribution in [0.15, 0.2) is 35.8 Å². The second-order valence-corrected chi connectivity index (χ2v) is 4.31. The van der Waals surface area contributed by atoms with E-state index in [9.17, 15) is 0 Å². The van der Waals surface area contributed by atoms with Gasteiger partial charge in [-0.2, -0.15) is 5.10 Å². The van der Waals surface area contributed by atoms with E-state index in [1.165, 1.54) is 4.88 Å². The monoisotopic (exact) mass is 215 g/mol. The van der Waals surface area contributed by atoms with Crippen molar-refractivity contribution in [3.05, 3.63) is 41.5 Å². The molecular weight excluding hydrogens is 206 g/mol. The summed E-state index contributed by atoms with van der Waals surface area (Å²) in [6.45, 7) is 1.98. The van der Waals surface area contributed by atoms with Gasteiger partial charge in [-0.05, 0) is 24.4 Å².